The zero-order chi connectivity index (χ0) is 17.8. The first kappa shape index (κ1) is 17.4. The van der Waals surface area contributed by atoms with E-state index in [-0.39, 0.29) is 12.2 Å². The van der Waals surface area contributed by atoms with Gasteiger partial charge in [-0.2, -0.15) is 0 Å². The number of hydrogen-bond donors (Lipinski definition) is 1. The highest BCUT2D eigenvalue weighted by Gasteiger charge is 2.32. The van der Waals surface area contributed by atoms with Crippen molar-refractivity contribution in [2.75, 3.05) is 32.8 Å². The summed E-state index contributed by atoms with van der Waals surface area (Å²) < 4.78 is 17.7. The SMILES string of the molecule is CCNC(=NCc1cc2ccccc2o1)N1CCOC(C2CCCO2)C1. The van der Waals surface area contributed by atoms with E-state index < -0.39 is 0 Å². The van der Waals surface area contributed by atoms with Crippen LogP contribution >= 0.6 is 0 Å². The van der Waals surface area contributed by atoms with Gasteiger partial charge in [-0.1, -0.05) is 18.2 Å². The van der Waals surface area contributed by atoms with Crippen LogP contribution in [0.3, 0.4) is 0 Å². The molecule has 1 aromatic heterocycles. The summed E-state index contributed by atoms with van der Waals surface area (Å²) >= 11 is 0. The minimum absolute atomic E-state index is 0.126. The predicted molar refractivity (Wildman–Crippen MR) is 101 cm³/mol. The van der Waals surface area contributed by atoms with Gasteiger partial charge in [-0.3, -0.25) is 0 Å². The van der Waals surface area contributed by atoms with Gasteiger partial charge in [0.1, 0.15) is 24.0 Å². The topological polar surface area (TPSA) is 59.2 Å². The molecular formula is C20H27N3O3. The Kier molecular flexibility index (Phi) is 5.41. The highest BCUT2D eigenvalue weighted by Crippen LogP contribution is 2.22. The quantitative estimate of drug-likeness (QED) is 0.673. The highest BCUT2D eigenvalue weighted by atomic mass is 16.5. The smallest absolute Gasteiger partial charge is 0.194 e. The van der Waals surface area contributed by atoms with E-state index in [1.54, 1.807) is 0 Å². The summed E-state index contributed by atoms with van der Waals surface area (Å²) in [5, 5.41) is 4.52. The summed E-state index contributed by atoms with van der Waals surface area (Å²) in [5.41, 5.74) is 0.910. The number of rotatable bonds is 4. The second-order valence-corrected chi connectivity index (χ2v) is 6.83. The van der Waals surface area contributed by atoms with Gasteiger partial charge in [-0.05, 0) is 31.9 Å². The van der Waals surface area contributed by atoms with E-state index in [1.807, 2.05) is 18.2 Å². The van der Waals surface area contributed by atoms with Crippen LogP contribution in [0.4, 0.5) is 0 Å². The number of fused-ring (bicyclic) bond motifs is 1. The summed E-state index contributed by atoms with van der Waals surface area (Å²) in [4.78, 5) is 7.08. The molecule has 2 saturated heterocycles. The first-order chi connectivity index (χ1) is 12.8. The van der Waals surface area contributed by atoms with Crippen molar-refractivity contribution in [2.45, 2.75) is 38.5 Å². The predicted octanol–water partition coefficient (Wildman–Crippen LogP) is 2.78. The molecule has 0 amide bonds. The Bertz CT molecular complexity index is 719. The maximum Gasteiger partial charge on any atom is 0.194 e. The normalized spacial score (nSPS) is 24.3. The van der Waals surface area contributed by atoms with Gasteiger partial charge in [0.25, 0.3) is 0 Å². The Morgan fingerprint density at radius 2 is 2.12 bits per heavy atom. The molecule has 2 atom stereocenters. The van der Waals surface area contributed by atoms with Crippen molar-refractivity contribution in [1.82, 2.24) is 10.2 Å². The van der Waals surface area contributed by atoms with E-state index >= 15 is 0 Å². The first-order valence-corrected chi connectivity index (χ1v) is 9.57. The van der Waals surface area contributed by atoms with Crippen LogP contribution in [0.15, 0.2) is 39.7 Å². The number of furan rings is 1. The monoisotopic (exact) mass is 357 g/mol. The Balaban J connectivity index is 1.46. The molecule has 0 saturated carbocycles. The van der Waals surface area contributed by atoms with Gasteiger partial charge in [0, 0.05) is 31.6 Å². The number of ether oxygens (including phenoxy) is 2. The van der Waals surface area contributed by atoms with Crippen LogP contribution in [-0.4, -0.2) is 55.9 Å². The summed E-state index contributed by atoms with van der Waals surface area (Å²) in [7, 11) is 0. The molecule has 1 N–H and O–H groups in total. The number of morpholine rings is 1. The van der Waals surface area contributed by atoms with Crippen molar-refractivity contribution in [1.29, 1.82) is 0 Å². The third-order valence-electron chi connectivity index (χ3n) is 4.97. The van der Waals surface area contributed by atoms with Crippen molar-refractivity contribution in [2.24, 2.45) is 4.99 Å². The van der Waals surface area contributed by atoms with Crippen molar-refractivity contribution < 1.29 is 13.9 Å². The number of benzene rings is 1. The Labute approximate surface area is 154 Å². The number of hydrogen-bond acceptors (Lipinski definition) is 4. The van der Waals surface area contributed by atoms with E-state index in [2.05, 4.69) is 29.3 Å². The highest BCUT2D eigenvalue weighted by molar-refractivity contribution is 5.80. The maximum absolute atomic E-state index is 5.96. The number of para-hydroxylation sites is 1. The molecule has 0 aliphatic carbocycles. The molecule has 6 nitrogen and oxygen atoms in total. The molecule has 3 heterocycles. The van der Waals surface area contributed by atoms with E-state index in [4.69, 9.17) is 18.9 Å². The molecule has 2 fully saturated rings. The van der Waals surface area contributed by atoms with E-state index in [0.29, 0.717) is 13.2 Å². The third kappa shape index (κ3) is 3.86. The van der Waals surface area contributed by atoms with Crippen LogP contribution in [0, 0.1) is 0 Å². The van der Waals surface area contributed by atoms with Crippen molar-refractivity contribution in [3.05, 3.63) is 36.1 Å². The van der Waals surface area contributed by atoms with Crippen LogP contribution in [-0.2, 0) is 16.0 Å². The van der Waals surface area contributed by atoms with Crippen LogP contribution in [0.5, 0.6) is 0 Å². The standard InChI is InChI=1S/C20H27N3O3/c1-2-21-20(22-13-16-12-15-6-3-4-7-17(15)26-16)23-9-11-25-19(14-23)18-8-5-10-24-18/h3-4,6-7,12,18-19H,2,5,8-11,13-14H2,1H3,(H,21,22). The van der Waals surface area contributed by atoms with E-state index in [0.717, 1.165) is 61.8 Å². The fourth-order valence-electron chi connectivity index (χ4n) is 3.68. The van der Waals surface area contributed by atoms with Gasteiger partial charge >= 0.3 is 0 Å². The molecule has 4 rings (SSSR count). The van der Waals surface area contributed by atoms with Crippen LogP contribution < -0.4 is 5.32 Å². The number of nitrogens with one attached hydrogen (secondary N) is 1. The molecular weight excluding hydrogens is 330 g/mol. The average Bonchev–Trinajstić information content (AvgIpc) is 3.34. The van der Waals surface area contributed by atoms with Gasteiger partial charge < -0.3 is 24.1 Å². The lowest BCUT2D eigenvalue weighted by atomic mass is 10.1. The van der Waals surface area contributed by atoms with Gasteiger partial charge in [0.2, 0.25) is 0 Å². The average molecular weight is 357 g/mol. The maximum atomic E-state index is 5.96. The van der Waals surface area contributed by atoms with Crippen molar-refractivity contribution in [3.63, 3.8) is 0 Å². The molecule has 2 aromatic rings. The lowest BCUT2D eigenvalue weighted by Crippen LogP contribution is -2.53. The molecule has 0 radical (unpaired) electrons. The molecule has 2 aliphatic rings. The first-order valence-electron chi connectivity index (χ1n) is 9.57. The molecule has 2 unspecified atom stereocenters. The van der Waals surface area contributed by atoms with Gasteiger partial charge in [0.05, 0.1) is 12.7 Å². The lowest BCUT2D eigenvalue weighted by Gasteiger charge is -2.37. The van der Waals surface area contributed by atoms with Crippen molar-refractivity contribution in [3.8, 4) is 0 Å². The number of aliphatic imine (C=N–C) groups is 1. The zero-order valence-electron chi connectivity index (χ0n) is 15.3. The van der Waals surface area contributed by atoms with Gasteiger partial charge in [0.15, 0.2) is 5.96 Å². The minimum atomic E-state index is 0.126. The summed E-state index contributed by atoms with van der Waals surface area (Å²) in [6.07, 6.45) is 2.56. The fourth-order valence-corrected chi connectivity index (χ4v) is 3.68. The molecule has 26 heavy (non-hydrogen) atoms. The molecule has 0 bridgehead atoms. The van der Waals surface area contributed by atoms with Crippen LogP contribution in [0.25, 0.3) is 11.0 Å². The zero-order valence-corrected chi connectivity index (χ0v) is 15.3. The van der Waals surface area contributed by atoms with Gasteiger partial charge in [-0.25, -0.2) is 4.99 Å². The van der Waals surface area contributed by atoms with E-state index in [9.17, 15) is 0 Å². The fraction of sp³-hybridized carbons (Fsp3) is 0.550. The molecule has 0 spiro atoms. The van der Waals surface area contributed by atoms with Crippen LogP contribution in [0.1, 0.15) is 25.5 Å². The van der Waals surface area contributed by atoms with Gasteiger partial charge in [-0.15, -0.1) is 0 Å². The number of guanidine groups is 1. The lowest BCUT2D eigenvalue weighted by molar-refractivity contribution is -0.0817. The Hall–Kier alpha value is -2.05. The molecule has 1 aromatic carbocycles. The largest absolute Gasteiger partial charge is 0.459 e. The second kappa shape index (κ2) is 8.10. The van der Waals surface area contributed by atoms with E-state index in [1.165, 1.54) is 0 Å². The molecule has 6 heteroatoms. The second-order valence-electron chi connectivity index (χ2n) is 6.83. The van der Waals surface area contributed by atoms with Crippen LogP contribution in [0.2, 0.25) is 0 Å². The summed E-state index contributed by atoms with van der Waals surface area (Å²) in [6.45, 7) is 6.67. The Morgan fingerprint density at radius 1 is 1.23 bits per heavy atom. The molecule has 140 valence electrons. The third-order valence-corrected chi connectivity index (χ3v) is 4.97. The molecule has 2 aliphatic heterocycles. The summed E-state index contributed by atoms with van der Waals surface area (Å²) in [6, 6.07) is 10.1. The summed E-state index contributed by atoms with van der Waals surface area (Å²) in [5.74, 6) is 1.80. The van der Waals surface area contributed by atoms with Crippen molar-refractivity contribution >= 4 is 16.9 Å². The Morgan fingerprint density at radius 3 is 2.92 bits per heavy atom. The number of nitrogens with zero attached hydrogens (tertiary/aromatic N) is 2. The minimum Gasteiger partial charge on any atom is -0.459 e.